The molecule has 0 bridgehead atoms. The average Bonchev–Trinajstić information content (AvgIpc) is 2.53. The van der Waals surface area contributed by atoms with Crippen LogP contribution in [0.3, 0.4) is 0 Å². The number of carbonyl (C=O) groups excluding carboxylic acids is 1. The molecule has 1 atom stereocenters. The molecule has 3 nitrogen and oxygen atoms in total. The number of likely N-dealkylation sites (tertiary alicyclic amines) is 1. The van der Waals surface area contributed by atoms with Gasteiger partial charge in [-0.3, -0.25) is 4.79 Å². The molecule has 1 aliphatic rings. The number of rotatable bonds is 1. The van der Waals surface area contributed by atoms with E-state index in [0.717, 1.165) is 24.9 Å². The van der Waals surface area contributed by atoms with Gasteiger partial charge in [0.1, 0.15) is 5.75 Å². The summed E-state index contributed by atoms with van der Waals surface area (Å²) in [5.41, 5.74) is 1.39. The smallest absolute Gasteiger partial charge is 0.257 e. The summed E-state index contributed by atoms with van der Waals surface area (Å²) >= 11 is 0. The Morgan fingerprint density at radius 3 is 2.83 bits per heavy atom. The molecule has 1 aliphatic heterocycles. The van der Waals surface area contributed by atoms with E-state index in [-0.39, 0.29) is 17.7 Å². The van der Waals surface area contributed by atoms with E-state index in [1.54, 1.807) is 12.1 Å². The second-order valence-electron chi connectivity index (χ2n) is 5.22. The van der Waals surface area contributed by atoms with E-state index in [1.807, 2.05) is 17.9 Å². The van der Waals surface area contributed by atoms with Crippen molar-refractivity contribution in [2.45, 2.75) is 45.6 Å². The van der Waals surface area contributed by atoms with Crippen molar-refractivity contribution in [2.24, 2.45) is 0 Å². The summed E-state index contributed by atoms with van der Waals surface area (Å²) in [4.78, 5) is 14.4. The van der Waals surface area contributed by atoms with Gasteiger partial charge in [-0.2, -0.15) is 0 Å². The highest BCUT2D eigenvalue weighted by molar-refractivity contribution is 5.97. The van der Waals surface area contributed by atoms with E-state index >= 15 is 0 Å². The molecule has 0 aliphatic carbocycles. The van der Waals surface area contributed by atoms with Crippen LogP contribution >= 0.6 is 0 Å². The van der Waals surface area contributed by atoms with Gasteiger partial charge in [0.15, 0.2) is 0 Å². The maximum Gasteiger partial charge on any atom is 0.257 e. The Labute approximate surface area is 108 Å². The van der Waals surface area contributed by atoms with E-state index in [2.05, 4.69) is 6.92 Å². The summed E-state index contributed by atoms with van der Waals surface area (Å²) < 4.78 is 0. The number of benzene rings is 1. The molecule has 1 fully saturated rings. The van der Waals surface area contributed by atoms with Crippen LogP contribution in [0.4, 0.5) is 0 Å². The molecule has 0 aromatic heterocycles. The summed E-state index contributed by atoms with van der Waals surface area (Å²) in [7, 11) is 0. The van der Waals surface area contributed by atoms with Crippen molar-refractivity contribution >= 4 is 5.91 Å². The Bertz CT molecular complexity index is 442. The zero-order valence-electron chi connectivity index (χ0n) is 11.1. The fourth-order valence-corrected chi connectivity index (χ4v) is 2.55. The largest absolute Gasteiger partial charge is 0.507 e. The summed E-state index contributed by atoms with van der Waals surface area (Å²) in [6, 6.07) is 5.51. The molecule has 1 N–H and O–H groups in total. The normalized spacial score (nSPS) is 20.6. The number of phenols is 1. The van der Waals surface area contributed by atoms with Crippen LogP contribution in [0.15, 0.2) is 18.2 Å². The second kappa shape index (κ2) is 5.42. The van der Waals surface area contributed by atoms with Crippen molar-refractivity contribution in [1.29, 1.82) is 0 Å². The van der Waals surface area contributed by atoms with E-state index in [9.17, 15) is 9.90 Å². The van der Waals surface area contributed by atoms with E-state index in [4.69, 9.17) is 0 Å². The van der Waals surface area contributed by atoms with Crippen LogP contribution in [0.1, 0.15) is 48.5 Å². The molecule has 98 valence electrons. The third-order valence-electron chi connectivity index (χ3n) is 3.70. The number of hydrogen-bond acceptors (Lipinski definition) is 2. The van der Waals surface area contributed by atoms with Crippen LogP contribution in [0.5, 0.6) is 5.75 Å². The third-order valence-corrected chi connectivity index (χ3v) is 3.70. The van der Waals surface area contributed by atoms with Crippen LogP contribution in [0.2, 0.25) is 0 Å². The molecule has 3 heteroatoms. The third kappa shape index (κ3) is 2.66. The van der Waals surface area contributed by atoms with Crippen molar-refractivity contribution in [3.63, 3.8) is 0 Å². The van der Waals surface area contributed by atoms with Crippen molar-refractivity contribution in [2.75, 3.05) is 6.54 Å². The van der Waals surface area contributed by atoms with Crippen molar-refractivity contribution in [3.05, 3.63) is 29.3 Å². The Balaban J connectivity index is 2.23. The first-order valence-electron chi connectivity index (χ1n) is 6.70. The number of carbonyl (C=O) groups is 1. The van der Waals surface area contributed by atoms with Gasteiger partial charge in [-0.15, -0.1) is 0 Å². The Hall–Kier alpha value is -1.51. The fraction of sp³-hybridized carbons (Fsp3) is 0.533. The first kappa shape index (κ1) is 12.9. The highest BCUT2D eigenvalue weighted by Gasteiger charge is 2.24. The van der Waals surface area contributed by atoms with Gasteiger partial charge in [-0.1, -0.05) is 18.9 Å². The van der Waals surface area contributed by atoms with E-state index in [0.29, 0.717) is 5.56 Å². The lowest BCUT2D eigenvalue weighted by Crippen LogP contribution is -2.38. The van der Waals surface area contributed by atoms with E-state index < -0.39 is 0 Å². The van der Waals surface area contributed by atoms with Crippen LogP contribution in [0, 0.1) is 6.92 Å². The molecule has 0 saturated carbocycles. The van der Waals surface area contributed by atoms with Gasteiger partial charge in [-0.05, 0) is 44.4 Å². The van der Waals surface area contributed by atoms with Crippen LogP contribution in [-0.2, 0) is 0 Å². The molecule has 1 aromatic rings. The zero-order valence-corrected chi connectivity index (χ0v) is 11.1. The summed E-state index contributed by atoms with van der Waals surface area (Å²) in [6.45, 7) is 4.80. The lowest BCUT2D eigenvalue weighted by Gasteiger charge is -2.27. The Morgan fingerprint density at radius 2 is 2.11 bits per heavy atom. The van der Waals surface area contributed by atoms with Crippen LogP contribution in [-0.4, -0.2) is 28.5 Å². The van der Waals surface area contributed by atoms with Crippen molar-refractivity contribution in [3.8, 4) is 5.75 Å². The van der Waals surface area contributed by atoms with Gasteiger partial charge >= 0.3 is 0 Å². The van der Waals surface area contributed by atoms with Crippen molar-refractivity contribution < 1.29 is 9.90 Å². The standard InChI is InChI=1S/C15H21NO2/c1-11-7-8-13(14(17)10-11)15(18)16-9-5-3-4-6-12(16)2/h7-8,10,12,17H,3-6,9H2,1-2H3. The first-order chi connectivity index (χ1) is 8.59. The molecule has 0 radical (unpaired) electrons. The highest BCUT2D eigenvalue weighted by atomic mass is 16.3. The summed E-state index contributed by atoms with van der Waals surface area (Å²) in [5, 5.41) is 9.90. The monoisotopic (exact) mass is 247 g/mol. The fourth-order valence-electron chi connectivity index (χ4n) is 2.55. The molecule has 2 rings (SSSR count). The summed E-state index contributed by atoms with van der Waals surface area (Å²) in [6.07, 6.45) is 4.49. The maximum atomic E-state index is 12.5. The number of aryl methyl sites for hydroxylation is 1. The van der Waals surface area contributed by atoms with Gasteiger partial charge in [0.25, 0.3) is 5.91 Å². The molecule has 1 aromatic carbocycles. The molecular weight excluding hydrogens is 226 g/mol. The average molecular weight is 247 g/mol. The minimum Gasteiger partial charge on any atom is -0.507 e. The predicted molar refractivity (Wildman–Crippen MR) is 71.8 cm³/mol. The van der Waals surface area contributed by atoms with Gasteiger partial charge in [0.2, 0.25) is 0 Å². The molecule has 1 unspecified atom stereocenters. The molecule has 1 saturated heterocycles. The summed E-state index contributed by atoms with van der Waals surface area (Å²) in [5.74, 6) is 0.0540. The Kier molecular flexibility index (Phi) is 3.90. The number of phenolic OH excluding ortho intramolecular Hbond substituents is 1. The minimum atomic E-state index is -0.0399. The number of amides is 1. The van der Waals surface area contributed by atoms with Crippen LogP contribution in [0.25, 0.3) is 0 Å². The molecular formula is C15H21NO2. The van der Waals surface area contributed by atoms with Gasteiger partial charge in [0.05, 0.1) is 5.56 Å². The molecule has 18 heavy (non-hydrogen) atoms. The Morgan fingerprint density at radius 1 is 1.33 bits per heavy atom. The topological polar surface area (TPSA) is 40.5 Å². The highest BCUT2D eigenvalue weighted by Crippen LogP contribution is 2.24. The maximum absolute atomic E-state index is 12.5. The molecule has 1 amide bonds. The number of hydrogen-bond donors (Lipinski definition) is 1. The molecule has 0 spiro atoms. The van der Waals surface area contributed by atoms with Crippen LogP contribution < -0.4 is 0 Å². The van der Waals surface area contributed by atoms with Gasteiger partial charge in [-0.25, -0.2) is 0 Å². The number of aromatic hydroxyl groups is 1. The van der Waals surface area contributed by atoms with E-state index in [1.165, 1.54) is 12.8 Å². The van der Waals surface area contributed by atoms with Gasteiger partial charge in [0, 0.05) is 12.6 Å². The number of nitrogens with zero attached hydrogens (tertiary/aromatic N) is 1. The molecule has 1 heterocycles. The quantitative estimate of drug-likeness (QED) is 0.828. The lowest BCUT2D eigenvalue weighted by molar-refractivity contribution is 0.0695. The van der Waals surface area contributed by atoms with Crippen molar-refractivity contribution in [1.82, 2.24) is 4.90 Å². The lowest BCUT2D eigenvalue weighted by atomic mass is 10.1. The second-order valence-corrected chi connectivity index (χ2v) is 5.22. The van der Waals surface area contributed by atoms with Gasteiger partial charge < -0.3 is 10.0 Å². The first-order valence-corrected chi connectivity index (χ1v) is 6.70. The SMILES string of the molecule is Cc1ccc(C(=O)N2CCCCCC2C)c(O)c1. The zero-order chi connectivity index (χ0) is 13.1. The minimum absolute atomic E-state index is 0.0399. The predicted octanol–water partition coefficient (Wildman–Crippen LogP) is 3.11.